The maximum atomic E-state index is 12.3. The largest absolute Gasteiger partial charge is 0.444 e. The molecule has 1 aromatic carbocycles. The second-order valence-corrected chi connectivity index (χ2v) is 8.03. The Kier molecular flexibility index (Phi) is 7.49. The molecule has 5 heteroatoms. The molecule has 1 aliphatic heterocycles. The van der Waals surface area contributed by atoms with Gasteiger partial charge in [0.15, 0.2) is 0 Å². The van der Waals surface area contributed by atoms with Gasteiger partial charge >= 0.3 is 6.09 Å². The molecule has 0 radical (unpaired) electrons. The molecule has 0 bridgehead atoms. The first-order valence-corrected chi connectivity index (χ1v) is 9.62. The van der Waals surface area contributed by atoms with Crippen LogP contribution in [0.3, 0.4) is 0 Å². The fourth-order valence-electron chi connectivity index (χ4n) is 3.23. The van der Waals surface area contributed by atoms with E-state index in [1.54, 1.807) is 0 Å². The number of amides is 2. The Morgan fingerprint density at radius 3 is 2.42 bits per heavy atom. The van der Waals surface area contributed by atoms with E-state index in [-0.39, 0.29) is 5.91 Å². The predicted molar refractivity (Wildman–Crippen MR) is 103 cm³/mol. The highest BCUT2D eigenvalue weighted by Gasteiger charge is 2.23. The Balaban J connectivity index is 1.61. The first-order chi connectivity index (χ1) is 12.3. The summed E-state index contributed by atoms with van der Waals surface area (Å²) in [5, 5.41) is 2.65. The van der Waals surface area contributed by atoms with Crippen molar-refractivity contribution in [3.8, 4) is 0 Å². The van der Waals surface area contributed by atoms with E-state index < -0.39 is 11.7 Å². The van der Waals surface area contributed by atoms with E-state index in [0.29, 0.717) is 18.9 Å². The molecule has 0 spiro atoms. The van der Waals surface area contributed by atoms with Crippen LogP contribution in [0.2, 0.25) is 0 Å². The quantitative estimate of drug-likeness (QED) is 0.840. The monoisotopic (exact) mass is 360 g/mol. The molecular formula is C21H32N2O3. The molecule has 0 aliphatic carbocycles. The van der Waals surface area contributed by atoms with Crippen molar-refractivity contribution in [1.29, 1.82) is 0 Å². The van der Waals surface area contributed by atoms with Crippen molar-refractivity contribution >= 4 is 12.0 Å². The van der Waals surface area contributed by atoms with Crippen LogP contribution in [0.1, 0.15) is 52.0 Å². The molecule has 144 valence electrons. The number of aryl methyl sites for hydroxylation is 1. The Labute approximate surface area is 157 Å². The Bertz CT molecular complexity index is 573. The van der Waals surface area contributed by atoms with E-state index >= 15 is 0 Å². The molecule has 0 unspecified atom stereocenters. The minimum absolute atomic E-state index is 0.113. The van der Waals surface area contributed by atoms with Crippen LogP contribution in [0.5, 0.6) is 0 Å². The number of alkyl carbamates (subject to hydrolysis) is 1. The maximum absolute atomic E-state index is 12.3. The lowest BCUT2D eigenvalue weighted by molar-refractivity contribution is -0.132. The first kappa shape index (κ1) is 20.3. The SMILES string of the molecule is CC(C)(C)OC(=O)NCCC(=O)N1CCC(CCc2ccccc2)CC1. The van der Waals surface area contributed by atoms with Crippen LogP contribution in [0.4, 0.5) is 4.79 Å². The highest BCUT2D eigenvalue weighted by molar-refractivity contribution is 5.77. The van der Waals surface area contributed by atoms with E-state index in [4.69, 9.17) is 4.74 Å². The zero-order valence-electron chi connectivity index (χ0n) is 16.3. The fraction of sp³-hybridized carbons (Fsp3) is 0.619. The van der Waals surface area contributed by atoms with Gasteiger partial charge in [0.1, 0.15) is 5.60 Å². The van der Waals surface area contributed by atoms with Crippen LogP contribution >= 0.6 is 0 Å². The van der Waals surface area contributed by atoms with Crippen molar-refractivity contribution < 1.29 is 14.3 Å². The van der Waals surface area contributed by atoms with Gasteiger partial charge < -0.3 is 15.0 Å². The minimum atomic E-state index is -0.518. The van der Waals surface area contributed by atoms with Gasteiger partial charge in [-0.3, -0.25) is 4.79 Å². The molecule has 0 atom stereocenters. The molecular weight excluding hydrogens is 328 g/mol. The summed E-state index contributed by atoms with van der Waals surface area (Å²) in [4.78, 5) is 25.8. The van der Waals surface area contributed by atoms with Gasteiger partial charge in [-0.05, 0) is 57.9 Å². The second kappa shape index (κ2) is 9.60. The highest BCUT2D eigenvalue weighted by Crippen LogP contribution is 2.22. The third-order valence-electron chi connectivity index (χ3n) is 4.66. The lowest BCUT2D eigenvalue weighted by atomic mass is 9.90. The molecule has 1 saturated heterocycles. The Morgan fingerprint density at radius 2 is 1.81 bits per heavy atom. The summed E-state index contributed by atoms with van der Waals surface area (Å²) >= 11 is 0. The number of rotatable bonds is 6. The van der Waals surface area contributed by atoms with Gasteiger partial charge in [-0.1, -0.05) is 30.3 Å². The van der Waals surface area contributed by atoms with E-state index in [1.807, 2.05) is 31.7 Å². The first-order valence-electron chi connectivity index (χ1n) is 9.62. The van der Waals surface area contributed by atoms with Crippen molar-refractivity contribution in [2.75, 3.05) is 19.6 Å². The molecule has 0 saturated carbocycles. The van der Waals surface area contributed by atoms with Crippen LogP contribution in [-0.4, -0.2) is 42.1 Å². The number of nitrogens with zero attached hydrogens (tertiary/aromatic N) is 1. The number of ether oxygens (including phenoxy) is 1. The zero-order valence-corrected chi connectivity index (χ0v) is 16.3. The Morgan fingerprint density at radius 1 is 1.15 bits per heavy atom. The molecule has 1 aromatic rings. The third-order valence-corrected chi connectivity index (χ3v) is 4.66. The molecule has 2 amide bonds. The second-order valence-electron chi connectivity index (χ2n) is 8.03. The van der Waals surface area contributed by atoms with Crippen molar-refractivity contribution in [2.45, 2.75) is 58.5 Å². The molecule has 1 aliphatic rings. The number of nitrogens with one attached hydrogen (secondary N) is 1. The van der Waals surface area contributed by atoms with Gasteiger partial charge in [-0.2, -0.15) is 0 Å². The number of carbonyl (C=O) groups is 2. The Hall–Kier alpha value is -2.04. The number of hydrogen-bond acceptors (Lipinski definition) is 3. The molecule has 26 heavy (non-hydrogen) atoms. The van der Waals surface area contributed by atoms with Gasteiger partial charge in [0.2, 0.25) is 5.91 Å². The van der Waals surface area contributed by atoms with Gasteiger partial charge in [-0.15, -0.1) is 0 Å². The van der Waals surface area contributed by atoms with Crippen LogP contribution in [0, 0.1) is 5.92 Å². The topological polar surface area (TPSA) is 58.6 Å². The summed E-state index contributed by atoms with van der Waals surface area (Å²) in [6.07, 6.45) is 4.29. The average molecular weight is 360 g/mol. The smallest absolute Gasteiger partial charge is 0.407 e. The van der Waals surface area contributed by atoms with Gasteiger partial charge in [-0.25, -0.2) is 4.79 Å². The fourth-order valence-corrected chi connectivity index (χ4v) is 3.23. The predicted octanol–water partition coefficient (Wildman–Crippen LogP) is 3.77. The van der Waals surface area contributed by atoms with Crippen LogP contribution in [-0.2, 0) is 16.0 Å². The van der Waals surface area contributed by atoms with Crippen molar-refractivity contribution in [1.82, 2.24) is 10.2 Å². The summed E-state index contributed by atoms with van der Waals surface area (Å²) in [7, 11) is 0. The molecule has 5 nitrogen and oxygen atoms in total. The summed E-state index contributed by atoms with van der Waals surface area (Å²) < 4.78 is 5.17. The third kappa shape index (κ3) is 7.46. The van der Waals surface area contributed by atoms with Crippen molar-refractivity contribution in [2.24, 2.45) is 5.92 Å². The number of benzene rings is 1. The number of likely N-dealkylation sites (tertiary alicyclic amines) is 1. The van der Waals surface area contributed by atoms with Gasteiger partial charge in [0.05, 0.1) is 0 Å². The van der Waals surface area contributed by atoms with Crippen molar-refractivity contribution in [3.05, 3.63) is 35.9 Å². The highest BCUT2D eigenvalue weighted by atomic mass is 16.6. The van der Waals surface area contributed by atoms with Crippen LogP contribution in [0.25, 0.3) is 0 Å². The summed E-state index contributed by atoms with van der Waals surface area (Å²) in [5.41, 5.74) is 0.870. The van der Waals surface area contributed by atoms with Crippen molar-refractivity contribution in [3.63, 3.8) is 0 Å². The number of hydrogen-bond donors (Lipinski definition) is 1. The molecule has 0 aromatic heterocycles. The normalized spacial score (nSPS) is 15.6. The lowest BCUT2D eigenvalue weighted by Gasteiger charge is -2.32. The lowest BCUT2D eigenvalue weighted by Crippen LogP contribution is -2.40. The molecule has 1 N–H and O–H groups in total. The minimum Gasteiger partial charge on any atom is -0.444 e. The zero-order chi connectivity index (χ0) is 19.0. The summed E-state index contributed by atoms with van der Waals surface area (Å²) in [6.45, 7) is 7.43. The average Bonchev–Trinajstić information content (AvgIpc) is 2.59. The van der Waals surface area contributed by atoms with Crippen LogP contribution in [0.15, 0.2) is 30.3 Å². The molecule has 2 rings (SSSR count). The van der Waals surface area contributed by atoms with E-state index in [0.717, 1.165) is 32.4 Å². The number of carbonyl (C=O) groups excluding carboxylic acids is 2. The molecule has 1 heterocycles. The van der Waals surface area contributed by atoms with Gasteiger partial charge in [0.25, 0.3) is 0 Å². The number of piperidine rings is 1. The summed E-state index contributed by atoms with van der Waals surface area (Å²) in [5.74, 6) is 0.807. The standard InChI is InChI=1S/C21H32N2O3/c1-21(2,3)26-20(25)22-14-11-19(24)23-15-12-18(13-16-23)10-9-17-7-5-4-6-8-17/h4-8,18H,9-16H2,1-3H3,(H,22,25). The maximum Gasteiger partial charge on any atom is 0.407 e. The summed E-state index contributed by atoms with van der Waals surface area (Å²) in [6, 6.07) is 10.6. The van der Waals surface area contributed by atoms with Gasteiger partial charge in [0, 0.05) is 26.1 Å². The van der Waals surface area contributed by atoms with E-state index in [9.17, 15) is 9.59 Å². The molecule has 1 fully saturated rings. The van der Waals surface area contributed by atoms with Crippen LogP contribution < -0.4 is 5.32 Å². The van der Waals surface area contributed by atoms with E-state index in [2.05, 4.69) is 29.6 Å². The van der Waals surface area contributed by atoms with E-state index in [1.165, 1.54) is 12.0 Å².